The van der Waals surface area contributed by atoms with E-state index in [1.165, 1.54) is 0 Å². The third-order valence-corrected chi connectivity index (χ3v) is 3.21. The number of para-hydroxylation sites is 1. The molecule has 1 aromatic carbocycles. The van der Waals surface area contributed by atoms with Gasteiger partial charge in [0.05, 0.1) is 12.2 Å². The number of pyridine rings is 1. The van der Waals surface area contributed by atoms with E-state index in [0.29, 0.717) is 19.4 Å². The van der Waals surface area contributed by atoms with E-state index in [-0.39, 0.29) is 30.7 Å². The van der Waals surface area contributed by atoms with Crippen LogP contribution in [0.1, 0.15) is 17.7 Å². The Bertz CT molecular complexity index is 579. The largest absolute Gasteiger partial charge is 0.399 e. The molecule has 2 N–H and O–H groups in total. The van der Waals surface area contributed by atoms with Crippen molar-refractivity contribution in [3.05, 3.63) is 59.9 Å². The van der Waals surface area contributed by atoms with Crippen molar-refractivity contribution in [1.29, 1.82) is 0 Å². The standard InChI is InChI=1S/C16H19N3O.2ClH/c1-19(12-14-7-4-5-11-18-14)16(20)10-9-13-6-2-3-8-15(13)17;;/h2-8,11H,9-10,12,17H2,1H3;2*1H. The van der Waals surface area contributed by atoms with Crippen molar-refractivity contribution >= 4 is 36.4 Å². The third kappa shape index (κ3) is 5.92. The molecule has 0 fully saturated rings. The average Bonchev–Trinajstić information content (AvgIpc) is 2.47. The molecule has 0 atom stereocenters. The van der Waals surface area contributed by atoms with Gasteiger partial charge in [0.1, 0.15) is 0 Å². The Kier molecular flexibility index (Phi) is 9.22. The second-order valence-corrected chi connectivity index (χ2v) is 4.77. The number of nitrogens with two attached hydrogens (primary N) is 1. The minimum Gasteiger partial charge on any atom is -0.399 e. The normalized spacial score (nSPS) is 9.32. The highest BCUT2D eigenvalue weighted by atomic mass is 35.5. The lowest BCUT2D eigenvalue weighted by atomic mass is 10.1. The van der Waals surface area contributed by atoms with Crippen LogP contribution in [0.3, 0.4) is 0 Å². The number of nitrogen functional groups attached to an aromatic ring is 1. The smallest absolute Gasteiger partial charge is 0.222 e. The summed E-state index contributed by atoms with van der Waals surface area (Å²) in [5.41, 5.74) is 8.53. The zero-order chi connectivity index (χ0) is 14.4. The summed E-state index contributed by atoms with van der Waals surface area (Å²) in [5.74, 6) is 0.0962. The molecule has 1 amide bonds. The van der Waals surface area contributed by atoms with E-state index in [2.05, 4.69) is 4.98 Å². The van der Waals surface area contributed by atoms with Crippen LogP contribution in [0.2, 0.25) is 0 Å². The van der Waals surface area contributed by atoms with Crippen molar-refractivity contribution in [3.63, 3.8) is 0 Å². The molecule has 0 saturated carbocycles. The van der Waals surface area contributed by atoms with E-state index in [4.69, 9.17) is 5.73 Å². The second kappa shape index (κ2) is 10.0. The Hall–Kier alpha value is -1.78. The number of halogens is 2. The fraction of sp³-hybridized carbons (Fsp3) is 0.250. The molecule has 1 heterocycles. The highest BCUT2D eigenvalue weighted by molar-refractivity contribution is 5.85. The monoisotopic (exact) mass is 341 g/mol. The molecule has 6 heteroatoms. The summed E-state index contributed by atoms with van der Waals surface area (Å²) in [4.78, 5) is 18.0. The Morgan fingerprint density at radius 2 is 1.82 bits per heavy atom. The van der Waals surface area contributed by atoms with Gasteiger partial charge in [0.2, 0.25) is 5.91 Å². The van der Waals surface area contributed by atoms with E-state index in [0.717, 1.165) is 16.9 Å². The van der Waals surface area contributed by atoms with Crippen LogP contribution in [-0.2, 0) is 17.8 Å². The fourth-order valence-electron chi connectivity index (χ4n) is 2.02. The van der Waals surface area contributed by atoms with Gasteiger partial charge in [0, 0.05) is 25.4 Å². The number of hydrogen-bond acceptors (Lipinski definition) is 3. The molecule has 0 radical (unpaired) electrons. The number of carbonyl (C=O) groups is 1. The van der Waals surface area contributed by atoms with Gasteiger partial charge < -0.3 is 10.6 Å². The molecule has 0 aliphatic rings. The first-order valence-electron chi connectivity index (χ1n) is 6.64. The van der Waals surface area contributed by atoms with Crippen LogP contribution in [0.5, 0.6) is 0 Å². The number of anilines is 1. The van der Waals surface area contributed by atoms with Crippen LogP contribution >= 0.6 is 24.8 Å². The number of aromatic nitrogens is 1. The van der Waals surface area contributed by atoms with Crippen LogP contribution in [0, 0.1) is 0 Å². The predicted molar refractivity (Wildman–Crippen MR) is 94.4 cm³/mol. The topological polar surface area (TPSA) is 59.2 Å². The van der Waals surface area contributed by atoms with Gasteiger partial charge in [0.25, 0.3) is 0 Å². The van der Waals surface area contributed by atoms with Crippen LogP contribution in [0.4, 0.5) is 5.69 Å². The number of carbonyl (C=O) groups excluding carboxylic acids is 1. The summed E-state index contributed by atoms with van der Waals surface area (Å²) in [6.07, 6.45) is 2.86. The molecule has 0 aliphatic heterocycles. The summed E-state index contributed by atoms with van der Waals surface area (Å²) in [5, 5.41) is 0. The summed E-state index contributed by atoms with van der Waals surface area (Å²) in [6, 6.07) is 13.4. The van der Waals surface area contributed by atoms with Gasteiger partial charge in [-0.15, -0.1) is 24.8 Å². The van der Waals surface area contributed by atoms with E-state index in [1.807, 2.05) is 42.5 Å². The first-order chi connectivity index (χ1) is 9.66. The van der Waals surface area contributed by atoms with Crippen molar-refractivity contribution in [3.8, 4) is 0 Å². The Morgan fingerprint density at radius 3 is 2.45 bits per heavy atom. The number of amides is 1. The first-order valence-corrected chi connectivity index (χ1v) is 6.64. The number of benzene rings is 1. The van der Waals surface area contributed by atoms with Crippen molar-refractivity contribution in [1.82, 2.24) is 9.88 Å². The number of aryl methyl sites for hydroxylation is 1. The SMILES string of the molecule is CN(Cc1ccccn1)C(=O)CCc1ccccc1N.Cl.Cl. The van der Waals surface area contributed by atoms with Crippen LogP contribution in [-0.4, -0.2) is 22.8 Å². The molecular formula is C16H21Cl2N3O. The lowest BCUT2D eigenvalue weighted by molar-refractivity contribution is -0.130. The first kappa shape index (κ1) is 20.2. The van der Waals surface area contributed by atoms with Gasteiger partial charge in [-0.3, -0.25) is 9.78 Å². The molecule has 4 nitrogen and oxygen atoms in total. The van der Waals surface area contributed by atoms with Gasteiger partial charge in [-0.25, -0.2) is 0 Å². The summed E-state index contributed by atoms with van der Waals surface area (Å²) < 4.78 is 0. The molecule has 0 unspecified atom stereocenters. The van der Waals surface area contributed by atoms with Gasteiger partial charge in [0.15, 0.2) is 0 Å². The fourth-order valence-corrected chi connectivity index (χ4v) is 2.02. The zero-order valence-electron chi connectivity index (χ0n) is 12.4. The number of nitrogens with zero attached hydrogens (tertiary/aromatic N) is 2. The molecule has 120 valence electrons. The summed E-state index contributed by atoms with van der Waals surface area (Å²) in [6.45, 7) is 0.532. The van der Waals surface area contributed by atoms with Crippen LogP contribution in [0.25, 0.3) is 0 Å². The quantitative estimate of drug-likeness (QED) is 0.850. The van der Waals surface area contributed by atoms with Gasteiger partial charge in [-0.05, 0) is 30.2 Å². The third-order valence-electron chi connectivity index (χ3n) is 3.21. The highest BCUT2D eigenvalue weighted by Crippen LogP contribution is 2.13. The van der Waals surface area contributed by atoms with Gasteiger partial charge >= 0.3 is 0 Å². The lowest BCUT2D eigenvalue weighted by Gasteiger charge is -2.17. The number of hydrogen-bond donors (Lipinski definition) is 1. The van der Waals surface area contributed by atoms with Crippen molar-refractivity contribution < 1.29 is 4.79 Å². The maximum absolute atomic E-state index is 12.1. The molecule has 22 heavy (non-hydrogen) atoms. The number of rotatable bonds is 5. The molecule has 1 aromatic heterocycles. The molecular weight excluding hydrogens is 321 g/mol. The molecule has 2 aromatic rings. The molecule has 2 rings (SSSR count). The predicted octanol–water partition coefficient (Wildman–Crippen LogP) is 3.10. The van der Waals surface area contributed by atoms with Gasteiger partial charge in [-0.2, -0.15) is 0 Å². The van der Waals surface area contributed by atoms with Crippen LogP contribution < -0.4 is 5.73 Å². The second-order valence-electron chi connectivity index (χ2n) is 4.77. The summed E-state index contributed by atoms with van der Waals surface area (Å²) in [7, 11) is 1.80. The molecule has 0 spiro atoms. The van der Waals surface area contributed by atoms with Gasteiger partial charge in [-0.1, -0.05) is 24.3 Å². The molecule has 0 bridgehead atoms. The van der Waals surface area contributed by atoms with Crippen molar-refractivity contribution in [2.24, 2.45) is 0 Å². The van der Waals surface area contributed by atoms with E-state index in [9.17, 15) is 4.79 Å². The minimum atomic E-state index is 0. The maximum Gasteiger partial charge on any atom is 0.222 e. The maximum atomic E-state index is 12.1. The summed E-state index contributed by atoms with van der Waals surface area (Å²) >= 11 is 0. The van der Waals surface area contributed by atoms with Crippen molar-refractivity contribution in [2.45, 2.75) is 19.4 Å². The lowest BCUT2D eigenvalue weighted by Crippen LogP contribution is -2.26. The Morgan fingerprint density at radius 1 is 1.14 bits per heavy atom. The van der Waals surface area contributed by atoms with Crippen molar-refractivity contribution in [2.75, 3.05) is 12.8 Å². The van der Waals surface area contributed by atoms with Crippen LogP contribution in [0.15, 0.2) is 48.7 Å². The highest BCUT2D eigenvalue weighted by Gasteiger charge is 2.10. The Balaban J connectivity index is 0.00000220. The molecule has 0 saturated heterocycles. The van der Waals surface area contributed by atoms with E-state index in [1.54, 1.807) is 18.1 Å². The minimum absolute atomic E-state index is 0. The van der Waals surface area contributed by atoms with E-state index >= 15 is 0 Å². The Labute approximate surface area is 143 Å². The van der Waals surface area contributed by atoms with E-state index < -0.39 is 0 Å². The zero-order valence-corrected chi connectivity index (χ0v) is 14.1. The molecule has 0 aliphatic carbocycles. The average molecular weight is 342 g/mol.